The summed E-state index contributed by atoms with van der Waals surface area (Å²) >= 11 is 7.58. The molecule has 0 N–H and O–H groups in total. The van der Waals surface area contributed by atoms with E-state index in [1.165, 1.54) is 33.0 Å². The summed E-state index contributed by atoms with van der Waals surface area (Å²) in [5.74, 6) is 0. The monoisotopic (exact) mass is 426 g/mol. The van der Waals surface area contributed by atoms with E-state index in [0.717, 1.165) is 0 Å². The van der Waals surface area contributed by atoms with Gasteiger partial charge in [-0.2, -0.15) is 0 Å². The highest BCUT2D eigenvalue weighted by Crippen LogP contribution is 2.60. The summed E-state index contributed by atoms with van der Waals surface area (Å²) in [7, 11) is 12.3. The highest BCUT2D eigenvalue weighted by molar-refractivity contribution is 8.14. The van der Waals surface area contributed by atoms with Crippen molar-refractivity contribution in [3.63, 3.8) is 0 Å². The Hall–Kier alpha value is -2.22. The maximum Gasteiger partial charge on any atom is 0.210 e. The molecule has 0 aliphatic carbocycles. The van der Waals surface area contributed by atoms with Gasteiger partial charge in [-0.15, -0.1) is 0 Å². The van der Waals surface area contributed by atoms with Crippen LogP contribution in [0.25, 0.3) is 0 Å². The van der Waals surface area contributed by atoms with E-state index in [4.69, 9.17) is 11.2 Å². The van der Waals surface area contributed by atoms with Gasteiger partial charge in [0.2, 0.25) is 6.62 Å². The smallest absolute Gasteiger partial charge is 0.210 e. The van der Waals surface area contributed by atoms with Crippen molar-refractivity contribution in [2.45, 2.75) is 0 Å². The number of halogens is 1. The van der Waals surface area contributed by atoms with E-state index in [-0.39, 0.29) is 0 Å². The summed E-state index contributed by atoms with van der Waals surface area (Å²) in [4.78, 5) is 6.32. The first-order valence-corrected chi connectivity index (χ1v) is 12.4. The number of anilines is 3. The third-order valence-corrected chi connectivity index (χ3v) is 9.95. The van der Waals surface area contributed by atoms with Crippen LogP contribution < -0.4 is 30.6 Å². The Morgan fingerprint density at radius 3 is 0.828 bits per heavy atom. The Kier molecular flexibility index (Phi) is 6.41. The van der Waals surface area contributed by atoms with Crippen molar-refractivity contribution in [2.75, 3.05) is 57.0 Å². The Labute approximate surface area is 180 Å². The van der Waals surface area contributed by atoms with Crippen molar-refractivity contribution in [1.82, 2.24) is 0 Å². The molecule has 0 aromatic heterocycles. The Morgan fingerprint density at radius 2 is 0.655 bits per heavy atom. The van der Waals surface area contributed by atoms with Crippen molar-refractivity contribution in [2.24, 2.45) is 0 Å². The van der Waals surface area contributed by atoms with Crippen LogP contribution in [-0.2, 0) is 0 Å². The molecule has 0 saturated carbocycles. The molecule has 0 bridgehead atoms. The number of nitrogens with zero attached hydrogens (tertiary/aromatic N) is 3. The average molecular weight is 427 g/mol. The summed E-state index contributed by atoms with van der Waals surface area (Å²) in [6.07, 6.45) is 0. The normalized spacial score (nSPS) is 11.3. The molecule has 3 aromatic carbocycles. The standard InChI is InChI=1S/C24H30ClN3P/c1-26(2)19-7-13-22(14-8-19)29(25,23-15-9-20(10-16-23)27(3)4)24-17-11-21(12-18-24)28(5)6/h7-18H,1-6H3/q+1. The zero-order valence-electron chi connectivity index (χ0n) is 18.1. The first kappa shape index (κ1) is 21.5. The van der Waals surface area contributed by atoms with Gasteiger partial charge < -0.3 is 14.7 Å². The van der Waals surface area contributed by atoms with Crippen LogP contribution in [-0.4, -0.2) is 42.3 Å². The topological polar surface area (TPSA) is 9.72 Å². The van der Waals surface area contributed by atoms with E-state index in [0.29, 0.717) is 0 Å². The number of hydrogen-bond acceptors (Lipinski definition) is 3. The van der Waals surface area contributed by atoms with Crippen LogP contribution in [0.4, 0.5) is 17.1 Å². The molecule has 0 aliphatic heterocycles. The van der Waals surface area contributed by atoms with Crippen LogP contribution in [0, 0.1) is 0 Å². The maximum absolute atomic E-state index is 7.58. The average Bonchev–Trinajstić information content (AvgIpc) is 2.73. The second-order valence-electron chi connectivity index (χ2n) is 7.82. The molecule has 0 spiro atoms. The van der Waals surface area contributed by atoms with Gasteiger partial charge in [-0.25, -0.2) is 0 Å². The lowest BCUT2D eigenvalue weighted by Crippen LogP contribution is -2.28. The molecule has 152 valence electrons. The first-order valence-electron chi connectivity index (χ1n) is 9.66. The predicted molar refractivity (Wildman–Crippen MR) is 134 cm³/mol. The van der Waals surface area contributed by atoms with Crippen LogP contribution in [0.5, 0.6) is 0 Å². The minimum absolute atomic E-state index is 1.17. The molecule has 0 saturated heterocycles. The SMILES string of the molecule is CN(C)c1ccc([P+](Cl)(c2ccc(N(C)C)cc2)c2ccc(N(C)C)cc2)cc1. The Morgan fingerprint density at radius 1 is 0.448 bits per heavy atom. The van der Waals surface area contributed by atoms with E-state index in [9.17, 15) is 0 Å². The van der Waals surface area contributed by atoms with Crippen molar-refractivity contribution in [3.05, 3.63) is 72.8 Å². The van der Waals surface area contributed by atoms with Crippen LogP contribution in [0.2, 0.25) is 0 Å². The van der Waals surface area contributed by atoms with Crippen LogP contribution in [0.1, 0.15) is 0 Å². The van der Waals surface area contributed by atoms with E-state index in [2.05, 4.69) is 130 Å². The molecule has 3 nitrogen and oxygen atoms in total. The second-order valence-corrected chi connectivity index (χ2v) is 12.1. The third kappa shape index (κ3) is 4.37. The fourth-order valence-electron chi connectivity index (χ4n) is 3.32. The van der Waals surface area contributed by atoms with E-state index in [1.807, 2.05) is 0 Å². The molecular weight excluding hydrogens is 397 g/mol. The van der Waals surface area contributed by atoms with Gasteiger partial charge in [0.25, 0.3) is 0 Å². The summed E-state index contributed by atoms with van der Waals surface area (Å²) in [6.45, 7) is -2.26. The van der Waals surface area contributed by atoms with Crippen LogP contribution in [0.3, 0.4) is 0 Å². The van der Waals surface area contributed by atoms with E-state index < -0.39 is 6.62 Å². The van der Waals surface area contributed by atoms with Gasteiger partial charge in [0.15, 0.2) is 0 Å². The fraction of sp³-hybridized carbons (Fsp3) is 0.250. The number of rotatable bonds is 6. The number of hydrogen-bond donors (Lipinski definition) is 0. The lowest BCUT2D eigenvalue weighted by atomic mass is 10.3. The van der Waals surface area contributed by atoms with Gasteiger partial charge in [0.05, 0.1) is 0 Å². The van der Waals surface area contributed by atoms with Gasteiger partial charge in [-0.1, -0.05) is 0 Å². The quantitative estimate of drug-likeness (QED) is 0.543. The second kappa shape index (κ2) is 8.65. The largest absolute Gasteiger partial charge is 0.378 e. The van der Waals surface area contributed by atoms with Gasteiger partial charge in [-0.05, 0) is 72.8 Å². The van der Waals surface area contributed by atoms with Crippen molar-refractivity contribution in [1.29, 1.82) is 0 Å². The summed E-state index contributed by atoms with van der Waals surface area (Å²) < 4.78 is 0. The highest BCUT2D eigenvalue weighted by atomic mass is 35.7. The Bertz CT molecular complexity index is 808. The summed E-state index contributed by atoms with van der Waals surface area (Å²) in [5, 5.41) is 3.50. The zero-order chi connectivity index (χ0) is 21.2. The maximum atomic E-state index is 7.58. The van der Waals surface area contributed by atoms with Crippen molar-refractivity contribution in [3.8, 4) is 0 Å². The van der Waals surface area contributed by atoms with E-state index in [1.54, 1.807) is 0 Å². The molecule has 29 heavy (non-hydrogen) atoms. The Balaban J connectivity index is 2.14. The van der Waals surface area contributed by atoms with Gasteiger partial charge >= 0.3 is 0 Å². The minimum atomic E-state index is -2.26. The fourth-order valence-corrected chi connectivity index (χ4v) is 6.90. The first-order chi connectivity index (χ1) is 13.7. The molecule has 5 heteroatoms. The molecule has 3 rings (SSSR count). The molecule has 3 aromatic rings. The summed E-state index contributed by atoms with van der Waals surface area (Å²) in [6, 6.07) is 25.9. The van der Waals surface area contributed by atoms with Gasteiger partial charge in [0.1, 0.15) is 27.2 Å². The van der Waals surface area contributed by atoms with Crippen LogP contribution >= 0.6 is 17.9 Å². The highest BCUT2D eigenvalue weighted by Gasteiger charge is 2.44. The third-order valence-electron chi connectivity index (χ3n) is 5.17. The molecule has 0 atom stereocenters. The number of benzene rings is 3. The van der Waals surface area contributed by atoms with Gasteiger partial charge in [0, 0.05) is 59.3 Å². The predicted octanol–water partition coefficient (Wildman–Crippen LogP) is 4.33. The lowest BCUT2D eigenvalue weighted by Gasteiger charge is -2.22. The molecular formula is C24H30ClN3P+. The molecule has 0 fully saturated rings. The molecule has 0 radical (unpaired) electrons. The molecule has 0 aliphatic rings. The molecule has 0 unspecified atom stereocenters. The van der Waals surface area contributed by atoms with Crippen LogP contribution in [0.15, 0.2) is 72.8 Å². The summed E-state index contributed by atoms with van der Waals surface area (Å²) in [5.41, 5.74) is 3.51. The van der Waals surface area contributed by atoms with E-state index >= 15 is 0 Å². The minimum Gasteiger partial charge on any atom is -0.378 e. The van der Waals surface area contributed by atoms with Gasteiger partial charge in [-0.3, -0.25) is 0 Å². The van der Waals surface area contributed by atoms with Crippen molar-refractivity contribution >= 4 is 50.8 Å². The molecule has 0 heterocycles. The molecule has 0 amide bonds. The van der Waals surface area contributed by atoms with Crippen molar-refractivity contribution < 1.29 is 0 Å². The zero-order valence-corrected chi connectivity index (χ0v) is 19.7. The lowest BCUT2D eigenvalue weighted by molar-refractivity contribution is 1.13.